The van der Waals surface area contributed by atoms with E-state index in [-0.39, 0.29) is 16.8 Å². The van der Waals surface area contributed by atoms with Gasteiger partial charge in [-0.1, -0.05) is 16.6 Å². The fourth-order valence-electron chi connectivity index (χ4n) is 3.49. The van der Waals surface area contributed by atoms with E-state index in [1.165, 1.54) is 26.3 Å². The Kier molecular flexibility index (Phi) is 6.56. The first kappa shape index (κ1) is 21.3. The standard InChI is InChI=1S/C21H26N2O5S/c1-4-28-18-11-7-16(8-12-18)20-6-5-15-23(20)21(24)17-9-13-19(14-10-17)29(25,26)22(2)27-3/h7-14,20H,4-6,15H2,1-3H3. The first-order chi connectivity index (χ1) is 13.9. The number of amides is 1. The van der Waals surface area contributed by atoms with Crippen LogP contribution in [0.25, 0.3) is 0 Å². The smallest absolute Gasteiger partial charge is 0.264 e. The van der Waals surface area contributed by atoms with Gasteiger partial charge in [-0.05, 0) is 61.7 Å². The SMILES string of the molecule is CCOc1ccc(C2CCCN2C(=O)c2ccc(S(=O)(=O)N(C)OC)cc2)cc1. The minimum Gasteiger partial charge on any atom is -0.494 e. The molecule has 0 radical (unpaired) electrons. The molecule has 1 aliphatic heterocycles. The number of benzene rings is 2. The molecule has 1 unspecified atom stereocenters. The topological polar surface area (TPSA) is 76.2 Å². The highest BCUT2D eigenvalue weighted by Crippen LogP contribution is 2.34. The normalized spacial score (nSPS) is 17.0. The van der Waals surface area contributed by atoms with Crippen molar-refractivity contribution < 1.29 is 22.8 Å². The molecule has 2 aromatic rings. The summed E-state index contributed by atoms with van der Waals surface area (Å²) >= 11 is 0. The van der Waals surface area contributed by atoms with Gasteiger partial charge in [-0.2, -0.15) is 0 Å². The lowest BCUT2D eigenvalue weighted by Gasteiger charge is -2.25. The van der Waals surface area contributed by atoms with Gasteiger partial charge in [-0.25, -0.2) is 8.42 Å². The Bertz CT molecular complexity index is 942. The van der Waals surface area contributed by atoms with E-state index in [0.717, 1.165) is 28.6 Å². The molecule has 0 aliphatic carbocycles. The highest BCUT2D eigenvalue weighted by Gasteiger charge is 2.31. The molecule has 1 amide bonds. The molecule has 1 fully saturated rings. The van der Waals surface area contributed by atoms with Crippen LogP contribution in [0.1, 0.15) is 41.7 Å². The van der Waals surface area contributed by atoms with E-state index in [9.17, 15) is 13.2 Å². The average molecular weight is 419 g/mol. The van der Waals surface area contributed by atoms with E-state index in [0.29, 0.717) is 18.7 Å². The molecule has 156 valence electrons. The molecule has 3 rings (SSSR count). The molecule has 0 bridgehead atoms. The highest BCUT2D eigenvalue weighted by molar-refractivity contribution is 7.89. The Morgan fingerprint density at radius 2 is 1.79 bits per heavy atom. The quantitative estimate of drug-likeness (QED) is 0.645. The van der Waals surface area contributed by atoms with Gasteiger partial charge in [0.05, 0.1) is 24.7 Å². The van der Waals surface area contributed by atoms with Crippen molar-refractivity contribution in [1.82, 2.24) is 9.37 Å². The second-order valence-electron chi connectivity index (χ2n) is 6.78. The maximum absolute atomic E-state index is 13.1. The first-order valence-electron chi connectivity index (χ1n) is 9.55. The second kappa shape index (κ2) is 8.94. The Morgan fingerprint density at radius 1 is 1.14 bits per heavy atom. The van der Waals surface area contributed by atoms with Crippen LogP contribution in [0.4, 0.5) is 0 Å². The Hall–Kier alpha value is -2.42. The minimum absolute atomic E-state index is 0.00112. The fourth-order valence-corrected chi connectivity index (χ4v) is 4.46. The third-order valence-corrected chi connectivity index (χ3v) is 6.78. The highest BCUT2D eigenvalue weighted by atomic mass is 32.2. The summed E-state index contributed by atoms with van der Waals surface area (Å²) in [4.78, 5) is 19.8. The van der Waals surface area contributed by atoms with E-state index in [4.69, 9.17) is 9.57 Å². The summed E-state index contributed by atoms with van der Waals surface area (Å²) < 4.78 is 30.9. The number of carbonyl (C=O) groups excluding carboxylic acids is 1. The number of hydrogen-bond acceptors (Lipinski definition) is 5. The molecule has 1 heterocycles. The van der Waals surface area contributed by atoms with Crippen LogP contribution in [0.5, 0.6) is 5.75 Å². The maximum Gasteiger partial charge on any atom is 0.264 e. The Balaban J connectivity index is 1.78. The number of hydroxylamine groups is 1. The van der Waals surface area contributed by atoms with Crippen molar-refractivity contribution in [2.24, 2.45) is 0 Å². The predicted molar refractivity (Wildman–Crippen MR) is 109 cm³/mol. The number of nitrogens with zero attached hydrogens (tertiary/aromatic N) is 2. The van der Waals surface area contributed by atoms with Gasteiger partial charge in [0.1, 0.15) is 5.75 Å². The van der Waals surface area contributed by atoms with Gasteiger partial charge in [0.15, 0.2) is 0 Å². The van der Waals surface area contributed by atoms with E-state index in [2.05, 4.69) is 0 Å². The van der Waals surface area contributed by atoms with Crippen LogP contribution < -0.4 is 4.74 Å². The number of ether oxygens (including phenoxy) is 1. The third-order valence-electron chi connectivity index (χ3n) is 5.08. The van der Waals surface area contributed by atoms with Gasteiger partial charge in [-0.15, -0.1) is 0 Å². The van der Waals surface area contributed by atoms with E-state index < -0.39 is 10.0 Å². The van der Waals surface area contributed by atoms with Crippen molar-refractivity contribution in [1.29, 1.82) is 0 Å². The van der Waals surface area contributed by atoms with Crippen molar-refractivity contribution >= 4 is 15.9 Å². The lowest BCUT2D eigenvalue weighted by atomic mass is 10.0. The van der Waals surface area contributed by atoms with E-state index in [1.54, 1.807) is 12.1 Å². The van der Waals surface area contributed by atoms with Gasteiger partial charge in [0, 0.05) is 19.2 Å². The van der Waals surface area contributed by atoms with Gasteiger partial charge >= 0.3 is 0 Å². The van der Waals surface area contributed by atoms with Crippen molar-refractivity contribution in [3.63, 3.8) is 0 Å². The van der Waals surface area contributed by atoms with Crippen LogP contribution in [0.2, 0.25) is 0 Å². The lowest BCUT2D eigenvalue weighted by Crippen LogP contribution is -2.30. The Labute approximate surface area is 171 Å². The van der Waals surface area contributed by atoms with Crippen LogP contribution in [0, 0.1) is 0 Å². The summed E-state index contributed by atoms with van der Waals surface area (Å²) in [6, 6.07) is 13.8. The average Bonchev–Trinajstić information content (AvgIpc) is 3.23. The predicted octanol–water partition coefficient (Wildman–Crippen LogP) is 3.24. The zero-order chi connectivity index (χ0) is 21.0. The van der Waals surface area contributed by atoms with Crippen molar-refractivity contribution in [3.05, 3.63) is 59.7 Å². The largest absolute Gasteiger partial charge is 0.494 e. The van der Waals surface area contributed by atoms with Crippen LogP contribution in [0.3, 0.4) is 0 Å². The molecule has 7 nitrogen and oxygen atoms in total. The summed E-state index contributed by atoms with van der Waals surface area (Å²) in [6.07, 6.45) is 1.82. The van der Waals surface area contributed by atoms with Gasteiger partial charge < -0.3 is 9.64 Å². The zero-order valence-electron chi connectivity index (χ0n) is 16.9. The summed E-state index contributed by atoms with van der Waals surface area (Å²) in [6.45, 7) is 3.22. The molecule has 1 saturated heterocycles. The summed E-state index contributed by atoms with van der Waals surface area (Å²) in [5, 5.41) is 0. The van der Waals surface area contributed by atoms with Crippen molar-refractivity contribution in [3.8, 4) is 5.75 Å². The van der Waals surface area contributed by atoms with Crippen LogP contribution in [0.15, 0.2) is 53.4 Å². The number of hydrogen-bond donors (Lipinski definition) is 0. The molecule has 0 saturated carbocycles. The van der Waals surface area contributed by atoms with Gasteiger partial charge in [0.25, 0.3) is 15.9 Å². The van der Waals surface area contributed by atoms with E-state index in [1.807, 2.05) is 36.1 Å². The number of sulfonamides is 1. The molecule has 0 spiro atoms. The molecule has 1 atom stereocenters. The molecule has 1 aliphatic rings. The minimum atomic E-state index is -3.74. The number of likely N-dealkylation sites (tertiary alicyclic amines) is 1. The molecular weight excluding hydrogens is 392 g/mol. The van der Waals surface area contributed by atoms with Crippen molar-refractivity contribution in [2.45, 2.75) is 30.7 Å². The monoisotopic (exact) mass is 418 g/mol. The second-order valence-corrected chi connectivity index (χ2v) is 8.72. The summed E-state index contributed by atoms with van der Waals surface area (Å²) in [5.41, 5.74) is 1.53. The Morgan fingerprint density at radius 3 is 2.38 bits per heavy atom. The fraction of sp³-hybridized carbons (Fsp3) is 0.381. The maximum atomic E-state index is 13.1. The van der Waals surface area contributed by atoms with Crippen LogP contribution in [-0.4, -0.2) is 51.0 Å². The van der Waals surface area contributed by atoms with Crippen LogP contribution >= 0.6 is 0 Å². The van der Waals surface area contributed by atoms with Crippen molar-refractivity contribution in [2.75, 3.05) is 27.3 Å². The summed E-state index contributed by atoms with van der Waals surface area (Å²) in [7, 11) is -1.14. The molecule has 29 heavy (non-hydrogen) atoms. The van der Waals surface area contributed by atoms with Gasteiger partial charge in [0.2, 0.25) is 0 Å². The number of carbonyl (C=O) groups is 1. The van der Waals surface area contributed by atoms with Crippen LogP contribution in [-0.2, 0) is 14.9 Å². The molecule has 8 heteroatoms. The lowest BCUT2D eigenvalue weighted by molar-refractivity contribution is -0.0258. The molecule has 0 N–H and O–H groups in total. The molecule has 0 aromatic heterocycles. The van der Waals surface area contributed by atoms with Gasteiger partial charge in [-0.3, -0.25) is 9.63 Å². The third kappa shape index (κ3) is 4.44. The van der Waals surface area contributed by atoms with E-state index >= 15 is 0 Å². The zero-order valence-corrected chi connectivity index (χ0v) is 17.7. The first-order valence-corrected chi connectivity index (χ1v) is 11.0. The molecule has 2 aromatic carbocycles. The molecular formula is C21H26N2O5S. The summed E-state index contributed by atoms with van der Waals surface area (Å²) in [5.74, 6) is 0.704. The number of rotatable bonds is 7.